The predicted molar refractivity (Wildman–Crippen MR) is 99.0 cm³/mol. The summed E-state index contributed by atoms with van der Waals surface area (Å²) in [5.74, 6) is -1.82. The molecule has 0 bridgehead atoms. The summed E-state index contributed by atoms with van der Waals surface area (Å²) in [6, 6.07) is 6.52. The molecule has 0 saturated heterocycles. The number of amides is 3. The van der Waals surface area contributed by atoms with Gasteiger partial charge in [0, 0.05) is 13.1 Å². The van der Waals surface area contributed by atoms with Gasteiger partial charge in [0.15, 0.2) is 0 Å². The van der Waals surface area contributed by atoms with Crippen LogP contribution in [0.15, 0.2) is 24.3 Å². The Hall–Kier alpha value is -2.70. The second-order valence-electron chi connectivity index (χ2n) is 7.19. The maximum atomic E-state index is 12.8. The predicted octanol–water partition coefficient (Wildman–Crippen LogP) is 1.97. The molecule has 0 N–H and O–H groups in total. The first-order valence-corrected chi connectivity index (χ1v) is 9.07. The highest BCUT2D eigenvalue weighted by Crippen LogP contribution is 2.22. The molecule has 7 heteroatoms. The first-order chi connectivity index (χ1) is 12.8. The van der Waals surface area contributed by atoms with Crippen molar-refractivity contribution in [1.29, 1.82) is 0 Å². The number of hydrogen-bond donors (Lipinski definition) is 0. The first kappa shape index (κ1) is 20.6. The van der Waals surface area contributed by atoms with Crippen LogP contribution < -0.4 is 0 Å². The number of imide groups is 1. The Bertz CT molecular complexity index is 709. The Morgan fingerprint density at radius 3 is 2.11 bits per heavy atom. The van der Waals surface area contributed by atoms with E-state index >= 15 is 0 Å². The van der Waals surface area contributed by atoms with E-state index in [0.717, 1.165) is 11.3 Å². The van der Waals surface area contributed by atoms with Crippen LogP contribution in [0.3, 0.4) is 0 Å². The zero-order chi connectivity index (χ0) is 20.1. The topological polar surface area (TPSA) is 84.0 Å². The number of hydrogen-bond acceptors (Lipinski definition) is 5. The zero-order valence-electron chi connectivity index (χ0n) is 16.2. The molecule has 3 amide bonds. The number of ether oxygens (including phenoxy) is 1. The van der Waals surface area contributed by atoms with Gasteiger partial charge in [0.25, 0.3) is 11.8 Å². The summed E-state index contributed by atoms with van der Waals surface area (Å²) in [5, 5.41) is 0. The minimum absolute atomic E-state index is 0.182. The van der Waals surface area contributed by atoms with Gasteiger partial charge in [0.1, 0.15) is 6.54 Å². The van der Waals surface area contributed by atoms with Crippen molar-refractivity contribution >= 4 is 23.7 Å². The van der Waals surface area contributed by atoms with Gasteiger partial charge in [0.05, 0.1) is 24.2 Å². The standard InChI is InChI=1S/C20H26N2O5/c1-13(2)9-10-21(11-14(3)20(26)27-4)17(23)12-22-18(24)15-7-5-6-8-16(15)19(22)25/h5-8,13-14H,9-12H2,1-4H3. The van der Waals surface area contributed by atoms with Crippen LogP contribution in [-0.2, 0) is 14.3 Å². The van der Waals surface area contributed by atoms with Crippen molar-refractivity contribution in [3.05, 3.63) is 35.4 Å². The van der Waals surface area contributed by atoms with Crippen LogP contribution >= 0.6 is 0 Å². The number of methoxy groups -OCH3 is 1. The van der Waals surface area contributed by atoms with Crippen LogP contribution in [0.4, 0.5) is 0 Å². The van der Waals surface area contributed by atoms with E-state index < -0.39 is 23.7 Å². The lowest BCUT2D eigenvalue weighted by atomic mass is 10.1. The minimum atomic E-state index is -0.492. The van der Waals surface area contributed by atoms with Gasteiger partial charge >= 0.3 is 5.97 Å². The van der Waals surface area contributed by atoms with Gasteiger partial charge in [-0.15, -0.1) is 0 Å². The second-order valence-corrected chi connectivity index (χ2v) is 7.19. The molecule has 146 valence electrons. The second kappa shape index (κ2) is 8.79. The van der Waals surface area contributed by atoms with Crippen molar-refractivity contribution in [3.63, 3.8) is 0 Å². The molecule has 1 unspecified atom stereocenters. The Kier molecular flexibility index (Phi) is 6.71. The first-order valence-electron chi connectivity index (χ1n) is 9.07. The highest BCUT2D eigenvalue weighted by atomic mass is 16.5. The van der Waals surface area contributed by atoms with Crippen molar-refractivity contribution < 1.29 is 23.9 Å². The molecule has 0 fully saturated rings. The van der Waals surface area contributed by atoms with E-state index in [1.165, 1.54) is 12.0 Å². The average Bonchev–Trinajstić information content (AvgIpc) is 2.89. The molecule has 27 heavy (non-hydrogen) atoms. The summed E-state index contributed by atoms with van der Waals surface area (Å²) in [5.41, 5.74) is 0.624. The van der Waals surface area contributed by atoms with Crippen molar-refractivity contribution in [2.45, 2.75) is 27.2 Å². The summed E-state index contributed by atoms with van der Waals surface area (Å²) < 4.78 is 4.73. The van der Waals surface area contributed by atoms with Crippen LogP contribution in [0.1, 0.15) is 47.9 Å². The average molecular weight is 374 g/mol. The van der Waals surface area contributed by atoms with E-state index in [9.17, 15) is 19.2 Å². The van der Waals surface area contributed by atoms with E-state index in [4.69, 9.17) is 4.74 Å². The van der Waals surface area contributed by atoms with E-state index in [2.05, 4.69) is 0 Å². The maximum Gasteiger partial charge on any atom is 0.310 e. The Morgan fingerprint density at radius 1 is 1.07 bits per heavy atom. The lowest BCUT2D eigenvalue weighted by Gasteiger charge is -2.27. The summed E-state index contributed by atoms with van der Waals surface area (Å²) in [7, 11) is 1.30. The van der Waals surface area contributed by atoms with Gasteiger partial charge in [-0.25, -0.2) is 0 Å². The molecular formula is C20H26N2O5. The third-order valence-corrected chi connectivity index (χ3v) is 4.60. The number of rotatable bonds is 8. The van der Waals surface area contributed by atoms with E-state index in [0.29, 0.717) is 23.6 Å². The fraction of sp³-hybridized carbons (Fsp3) is 0.500. The van der Waals surface area contributed by atoms with Gasteiger partial charge < -0.3 is 9.64 Å². The largest absolute Gasteiger partial charge is 0.469 e. The molecule has 1 aromatic rings. The van der Waals surface area contributed by atoms with E-state index in [1.54, 1.807) is 31.2 Å². The number of carbonyl (C=O) groups excluding carboxylic acids is 4. The van der Waals surface area contributed by atoms with Crippen molar-refractivity contribution in [1.82, 2.24) is 9.80 Å². The Morgan fingerprint density at radius 2 is 1.63 bits per heavy atom. The number of benzene rings is 1. The van der Waals surface area contributed by atoms with Gasteiger partial charge in [-0.1, -0.05) is 32.9 Å². The van der Waals surface area contributed by atoms with E-state index in [1.807, 2.05) is 13.8 Å². The molecule has 7 nitrogen and oxygen atoms in total. The number of nitrogens with zero attached hydrogens (tertiary/aromatic N) is 2. The third-order valence-electron chi connectivity index (χ3n) is 4.60. The SMILES string of the molecule is COC(=O)C(C)CN(CCC(C)C)C(=O)CN1C(=O)c2ccccc2C1=O. The van der Waals surface area contributed by atoms with Gasteiger partial charge in [-0.3, -0.25) is 24.1 Å². The fourth-order valence-electron chi connectivity index (χ4n) is 2.96. The van der Waals surface area contributed by atoms with Gasteiger partial charge in [-0.05, 0) is 24.5 Å². The summed E-state index contributed by atoms with van der Waals surface area (Å²) in [4.78, 5) is 52.0. The summed E-state index contributed by atoms with van der Waals surface area (Å²) >= 11 is 0. The Labute approximate surface area is 159 Å². The summed E-state index contributed by atoms with van der Waals surface area (Å²) in [6.07, 6.45) is 0.752. The number of carbonyl (C=O) groups is 4. The Balaban J connectivity index is 2.12. The van der Waals surface area contributed by atoms with Gasteiger partial charge in [-0.2, -0.15) is 0 Å². The normalized spacial score (nSPS) is 14.3. The van der Waals surface area contributed by atoms with Gasteiger partial charge in [0.2, 0.25) is 5.91 Å². The monoisotopic (exact) mass is 374 g/mol. The lowest BCUT2D eigenvalue weighted by Crippen LogP contribution is -2.45. The zero-order valence-corrected chi connectivity index (χ0v) is 16.2. The number of fused-ring (bicyclic) bond motifs is 1. The molecule has 0 spiro atoms. The molecule has 0 aliphatic carbocycles. The molecule has 1 aliphatic heterocycles. The molecule has 0 aromatic heterocycles. The minimum Gasteiger partial charge on any atom is -0.469 e. The molecule has 0 radical (unpaired) electrons. The molecule has 1 aromatic carbocycles. The molecule has 1 heterocycles. The van der Waals surface area contributed by atoms with Crippen LogP contribution in [0.2, 0.25) is 0 Å². The maximum absolute atomic E-state index is 12.8. The van der Waals surface area contributed by atoms with Crippen LogP contribution in [-0.4, -0.2) is 60.2 Å². The lowest BCUT2D eigenvalue weighted by molar-refractivity contribution is -0.146. The summed E-state index contributed by atoms with van der Waals surface area (Å²) in [6.45, 7) is 6.05. The van der Waals surface area contributed by atoms with Crippen molar-refractivity contribution in [2.24, 2.45) is 11.8 Å². The van der Waals surface area contributed by atoms with E-state index in [-0.39, 0.29) is 19.0 Å². The quantitative estimate of drug-likeness (QED) is 0.513. The fourth-order valence-corrected chi connectivity index (χ4v) is 2.96. The highest BCUT2D eigenvalue weighted by Gasteiger charge is 2.37. The molecule has 1 aliphatic rings. The molecule has 0 saturated carbocycles. The number of esters is 1. The van der Waals surface area contributed by atoms with Crippen LogP contribution in [0.5, 0.6) is 0 Å². The molecule has 2 rings (SSSR count). The van der Waals surface area contributed by atoms with Crippen molar-refractivity contribution in [2.75, 3.05) is 26.7 Å². The molecule has 1 atom stereocenters. The van der Waals surface area contributed by atoms with Crippen LogP contribution in [0, 0.1) is 11.8 Å². The smallest absolute Gasteiger partial charge is 0.310 e. The van der Waals surface area contributed by atoms with Crippen molar-refractivity contribution in [3.8, 4) is 0 Å². The third kappa shape index (κ3) is 4.72. The molecular weight excluding hydrogens is 348 g/mol. The highest BCUT2D eigenvalue weighted by molar-refractivity contribution is 6.22. The van der Waals surface area contributed by atoms with Crippen LogP contribution in [0.25, 0.3) is 0 Å².